The predicted octanol–water partition coefficient (Wildman–Crippen LogP) is 2.94. The predicted molar refractivity (Wildman–Crippen MR) is 99.7 cm³/mol. The highest BCUT2D eigenvalue weighted by atomic mass is 16.3. The Labute approximate surface area is 159 Å². The Balaban J connectivity index is 1.90. The van der Waals surface area contributed by atoms with Crippen LogP contribution >= 0.6 is 0 Å². The van der Waals surface area contributed by atoms with E-state index in [0.29, 0.717) is 12.2 Å². The first-order chi connectivity index (χ1) is 13.0. The van der Waals surface area contributed by atoms with Gasteiger partial charge >= 0.3 is 0 Å². The molecule has 0 aliphatic heterocycles. The van der Waals surface area contributed by atoms with Gasteiger partial charge in [-0.25, -0.2) is 4.98 Å². The van der Waals surface area contributed by atoms with E-state index in [1.165, 1.54) is 18.6 Å². The fourth-order valence-electron chi connectivity index (χ4n) is 3.46. The fourth-order valence-corrected chi connectivity index (χ4v) is 3.46. The Hall–Kier alpha value is -2.70. The summed E-state index contributed by atoms with van der Waals surface area (Å²) in [6.07, 6.45) is 10.7. The first-order valence-corrected chi connectivity index (χ1v) is 9.46. The molecule has 1 atom stereocenters. The zero-order valence-electron chi connectivity index (χ0n) is 15.9. The maximum atomic E-state index is 13.2. The van der Waals surface area contributed by atoms with Crippen molar-refractivity contribution in [3.8, 4) is 0 Å². The van der Waals surface area contributed by atoms with E-state index in [-0.39, 0.29) is 30.1 Å². The minimum Gasteiger partial charge on any atom is -0.467 e. The molecule has 2 aromatic heterocycles. The second kappa shape index (κ2) is 8.33. The molecule has 7 heteroatoms. The molecule has 1 aliphatic rings. The molecule has 0 aromatic carbocycles. The van der Waals surface area contributed by atoms with Crippen molar-refractivity contribution in [1.82, 2.24) is 20.2 Å². The Morgan fingerprint density at radius 3 is 2.70 bits per heavy atom. The van der Waals surface area contributed by atoms with E-state index >= 15 is 0 Å². The molecule has 0 unspecified atom stereocenters. The average molecular weight is 370 g/mol. The minimum absolute atomic E-state index is 0.138. The number of aromatic nitrogens is 2. The smallest absolute Gasteiger partial charge is 0.275 e. The lowest BCUT2D eigenvalue weighted by Crippen LogP contribution is -2.59. The van der Waals surface area contributed by atoms with E-state index in [1.807, 2.05) is 6.92 Å². The van der Waals surface area contributed by atoms with Gasteiger partial charge in [-0.05, 0) is 38.3 Å². The van der Waals surface area contributed by atoms with Gasteiger partial charge in [0.05, 0.1) is 19.0 Å². The zero-order valence-corrected chi connectivity index (χ0v) is 15.9. The largest absolute Gasteiger partial charge is 0.467 e. The lowest BCUT2D eigenvalue weighted by molar-refractivity contribution is -0.132. The van der Waals surface area contributed by atoms with Gasteiger partial charge in [0.15, 0.2) is 0 Å². The number of amides is 2. The first kappa shape index (κ1) is 19.1. The van der Waals surface area contributed by atoms with Gasteiger partial charge in [-0.1, -0.05) is 19.8 Å². The summed E-state index contributed by atoms with van der Waals surface area (Å²) in [5.74, 6) is 0.131. The van der Waals surface area contributed by atoms with Crippen LogP contribution in [0.3, 0.4) is 0 Å². The lowest BCUT2D eigenvalue weighted by atomic mass is 9.93. The van der Waals surface area contributed by atoms with E-state index < -0.39 is 5.54 Å². The molecule has 0 radical (unpaired) electrons. The molecule has 27 heavy (non-hydrogen) atoms. The number of hydrogen-bond acceptors (Lipinski definition) is 5. The summed E-state index contributed by atoms with van der Waals surface area (Å²) in [5.41, 5.74) is -0.818. The molecule has 1 N–H and O–H groups in total. The molecular weight excluding hydrogens is 344 g/mol. The Bertz CT molecular complexity index is 757. The van der Waals surface area contributed by atoms with E-state index in [9.17, 15) is 9.59 Å². The topological polar surface area (TPSA) is 88.3 Å². The SMILES string of the molecule is CC[C@@](C)(C(=O)NC1CCCC1)N(Cc1ccco1)C(=O)c1cnccn1. The van der Waals surface area contributed by atoms with Crippen LogP contribution in [-0.2, 0) is 11.3 Å². The minimum atomic E-state index is -1.02. The molecule has 144 valence electrons. The number of hydrogen-bond donors (Lipinski definition) is 1. The molecular formula is C20H26N4O3. The molecule has 2 amide bonds. The summed E-state index contributed by atoms with van der Waals surface area (Å²) in [5, 5.41) is 3.14. The number of carbonyl (C=O) groups is 2. The molecule has 3 rings (SSSR count). The van der Waals surface area contributed by atoms with Crippen molar-refractivity contribution >= 4 is 11.8 Å². The highest BCUT2D eigenvalue weighted by molar-refractivity contribution is 5.97. The lowest BCUT2D eigenvalue weighted by Gasteiger charge is -2.39. The molecule has 1 saturated carbocycles. The summed E-state index contributed by atoms with van der Waals surface area (Å²) >= 11 is 0. The van der Waals surface area contributed by atoms with E-state index in [4.69, 9.17) is 4.42 Å². The van der Waals surface area contributed by atoms with Crippen molar-refractivity contribution < 1.29 is 14.0 Å². The quantitative estimate of drug-likeness (QED) is 0.809. The second-order valence-corrected chi connectivity index (χ2v) is 7.14. The highest BCUT2D eigenvalue weighted by Crippen LogP contribution is 2.26. The van der Waals surface area contributed by atoms with Gasteiger partial charge in [0, 0.05) is 18.4 Å². The molecule has 0 saturated heterocycles. The maximum absolute atomic E-state index is 13.2. The third kappa shape index (κ3) is 4.18. The van der Waals surface area contributed by atoms with Gasteiger partial charge in [0.25, 0.3) is 5.91 Å². The van der Waals surface area contributed by atoms with Crippen molar-refractivity contribution in [3.63, 3.8) is 0 Å². The van der Waals surface area contributed by atoms with Crippen LogP contribution in [0, 0.1) is 0 Å². The van der Waals surface area contributed by atoms with Crippen molar-refractivity contribution in [3.05, 3.63) is 48.4 Å². The molecule has 7 nitrogen and oxygen atoms in total. The van der Waals surface area contributed by atoms with Gasteiger partial charge in [0.1, 0.15) is 17.0 Å². The van der Waals surface area contributed by atoms with Gasteiger partial charge < -0.3 is 14.6 Å². The molecule has 1 fully saturated rings. The van der Waals surface area contributed by atoms with Crippen LogP contribution in [0.2, 0.25) is 0 Å². The fraction of sp³-hybridized carbons (Fsp3) is 0.500. The van der Waals surface area contributed by atoms with Crippen LogP contribution in [-0.4, -0.2) is 38.3 Å². The normalized spacial score (nSPS) is 16.7. The Kier molecular flexibility index (Phi) is 5.88. The van der Waals surface area contributed by atoms with Crippen LogP contribution in [0.25, 0.3) is 0 Å². The monoisotopic (exact) mass is 370 g/mol. The third-order valence-corrected chi connectivity index (χ3v) is 5.39. The number of nitrogens with one attached hydrogen (secondary N) is 1. The van der Waals surface area contributed by atoms with Crippen molar-refractivity contribution in [1.29, 1.82) is 0 Å². The van der Waals surface area contributed by atoms with Crippen LogP contribution in [0.1, 0.15) is 62.2 Å². The van der Waals surface area contributed by atoms with Gasteiger partial charge in [0.2, 0.25) is 5.91 Å². The molecule has 0 spiro atoms. The molecule has 0 bridgehead atoms. The Morgan fingerprint density at radius 1 is 1.33 bits per heavy atom. The van der Waals surface area contributed by atoms with Crippen molar-refractivity contribution in [2.45, 2.75) is 64.1 Å². The maximum Gasteiger partial charge on any atom is 0.275 e. The second-order valence-electron chi connectivity index (χ2n) is 7.14. The summed E-state index contributed by atoms with van der Waals surface area (Å²) in [4.78, 5) is 36.1. The van der Waals surface area contributed by atoms with Gasteiger partial charge in [-0.2, -0.15) is 0 Å². The third-order valence-electron chi connectivity index (χ3n) is 5.39. The molecule has 2 heterocycles. The van der Waals surface area contributed by atoms with E-state index in [1.54, 1.807) is 30.2 Å². The van der Waals surface area contributed by atoms with E-state index in [2.05, 4.69) is 15.3 Å². The van der Waals surface area contributed by atoms with Crippen molar-refractivity contribution in [2.24, 2.45) is 0 Å². The van der Waals surface area contributed by atoms with Gasteiger partial charge in [-0.3, -0.25) is 14.6 Å². The number of rotatable bonds is 7. The van der Waals surface area contributed by atoms with Crippen LogP contribution in [0.5, 0.6) is 0 Å². The number of nitrogens with zero attached hydrogens (tertiary/aromatic N) is 3. The summed E-state index contributed by atoms with van der Waals surface area (Å²) in [6, 6.07) is 3.74. The van der Waals surface area contributed by atoms with Gasteiger partial charge in [-0.15, -0.1) is 0 Å². The molecule has 1 aliphatic carbocycles. The highest BCUT2D eigenvalue weighted by Gasteiger charge is 2.42. The summed E-state index contributed by atoms with van der Waals surface area (Å²) in [6.45, 7) is 3.90. The standard InChI is InChI=1S/C20H26N4O3/c1-3-20(2,19(26)23-15-7-4-5-8-15)24(14-16-9-6-12-27-16)18(25)17-13-21-10-11-22-17/h6,9-13,15H,3-5,7-8,14H2,1-2H3,(H,23,26)/t20-/m0/s1. The van der Waals surface area contributed by atoms with E-state index in [0.717, 1.165) is 25.7 Å². The van der Waals surface area contributed by atoms with Crippen molar-refractivity contribution in [2.75, 3.05) is 0 Å². The Morgan fingerprint density at radius 2 is 2.11 bits per heavy atom. The first-order valence-electron chi connectivity index (χ1n) is 9.46. The zero-order chi connectivity index (χ0) is 19.3. The van der Waals surface area contributed by atoms with Crippen LogP contribution < -0.4 is 5.32 Å². The number of furan rings is 1. The van der Waals surface area contributed by atoms with Crippen LogP contribution in [0.15, 0.2) is 41.4 Å². The molecule has 2 aromatic rings. The summed E-state index contributed by atoms with van der Waals surface area (Å²) < 4.78 is 5.44. The average Bonchev–Trinajstić information content (AvgIpc) is 3.39. The van der Waals surface area contributed by atoms with Crippen LogP contribution in [0.4, 0.5) is 0 Å². The summed E-state index contributed by atoms with van der Waals surface area (Å²) in [7, 11) is 0. The number of carbonyl (C=O) groups excluding carboxylic acids is 2.